The van der Waals surface area contributed by atoms with Crippen molar-refractivity contribution in [2.45, 2.75) is 76.7 Å². The number of nitrogens with one attached hydrogen (secondary N) is 4. The summed E-state index contributed by atoms with van der Waals surface area (Å²) in [5.74, 6) is -0.198. The molecule has 4 N–H and O–H groups in total. The van der Waals surface area contributed by atoms with Crippen molar-refractivity contribution in [3.63, 3.8) is 0 Å². The highest BCUT2D eigenvalue weighted by Crippen LogP contribution is 2.36. The number of aryl methyl sites for hydroxylation is 1. The third-order valence-electron chi connectivity index (χ3n) is 11.3. The number of nitrogens with zero attached hydrogens (tertiary/aromatic N) is 4. The number of carbonyl (C=O) groups is 4. The van der Waals surface area contributed by atoms with E-state index < -0.39 is 35.6 Å². The molecule has 0 radical (unpaired) electrons. The molecule has 0 spiro atoms. The first-order valence-corrected chi connectivity index (χ1v) is 20.5. The van der Waals surface area contributed by atoms with E-state index in [0.29, 0.717) is 29.0 Å². The number of unbranched alkanes of at least 4 members (excludes halogenated alkanes) is 2. The molecule has 16 heteroatoms. The molecule has 2 aromatic carbocycles. The number of benzene rings is 2. The number of rotatable bonds is 18. The molecular weight excluding hydrogens is 775 g/mol. The van der Waals surface area contributed by atoms with Crippen LogP contribution in [0.25, 0.3) is 11.5 Å². The number of ether oxygens (including phenoxy) is 1. The van der Waals surface area contributed by atoms with Crippen LogP contribution in [0.3, 0.4) is 0 Å². The zero-order valence-corrected chi connectivity index (χ0v) is 32.9. The number of oxazole rings is 1. The second kappa shape index (κ2) is 18.3. The van der Waals surface area contributed by atoms with Crippen molar-refractivity contribution in [2.24, 2.45) is 11.8 Å². The van der Waals surface area contributed by atoms with Gasteiger partial charge in [0.1, 0.15) is 23.6 Å². The van der Waals surface area contributed by atoms with E-state index in [4.69, 9.17) is 9.15 Å². The van der Waals surface area contributed by atoms with Crippen LogP contribution in [0.4, 0.5) is 20.3 Å². The van der Waals surface area contributed by atoms with Crippen LogP contribution in [0, 0.1) is 11.8 Å². The van der Waals surface area contributed by atoms with Gasteiger partial charge in [-0.15, -0.1) is 0 Å². The number of halogens is 2. The van der Waals surface area contributed by atoms with Gasteiger partial charge in [0.2, 0.25) is 5.89 Å². The molecule has 3 aromatic heterocycles. The van der Waals surface area contributed by atoms with Crippen molar-refractivity contribution in [3.8, 4) is 23.0 Å². The number of aromatic nitrogens is 4. The summed E-state index contributed by atoms with van der Waals surface area (Å²) in [4.78, 5) is 58.4. The number of hydrogen-bond acceptors (Lipinski definition) is 11. The maximum atomic E-state index is 14.1. The minimum atomic E-state index is -2.87. The Hall–Kier alpha value is -6.29. The molecular formula is C44H46F2N8O6. The first-order chi connectivity index (χ1) is 29.2. The van der Waals surface area contributed by atoms with Crippen molar-refractivity contribution in [2.75, 3.05) is 30.3 Å². The molecule has 312 valence electrons. The molecule has 0 bridgehead atoms. The van der Waals surface area contributed by atoms with Crippen LogP contribution in [-0.4, -0.2) is 62.9 Å². The van der Waals surface area contributed by atoms with Crippen molar-refractivity contribution in [1.82, 2.24) is 30.4 Å². The summed E-state index contributed by atoms with van der Waals surface area (Å²) >= 11 is 0. The third-order valence-corrected chi connectivity index (χ3v) is 11.3. The first kappa shape index (κ1) is 40.5. The topological polar surface area (TPSA) is 182 Å². The van der Waals surface area contributed by atoms with E-state index in [1.165, 1.54) is 31.4 Å². The van der Waals surface area contributed by atoms with Gasteiger partial charge in [-0.1, -0.05) is 30.7 Å². The maximum Gasteiger partial charge on any atom is 0.299 e. The van der Waals surface area contributed by atoms with E-state index >= 15 is 0 Å². The Labute approximate surface area is 344 Å². The largest absolute Gasteiger partial charge is 0.456 e. The Morgan fingerprint density at radius 3 is 2.52 bits per heavy atom. The number of amides is 3. The molecule has 0 unspecified atom stereocenters. The number of hydrogen-bond donors (Lipinski definition) is 4. The van der Waals surface area contributed by atoms with Gasteiger partial charge in [0.25, 0.3) is 29.9 Å². The predicted octanol–water partition coefficient (Wildman–Crippen LogP) is 7.92. The molecule has 60 heavy (non-hydrogen) atoms. The SMILES string of the molecule is O=C1NC(=O)c2c(Oc3ccccc3CCCCCNCC3CCC(n4cc(NC(=O)c5coc(-c6ccnc(NCC7CC7)c6)n5)c(C(F)F)n4)CC3)cccc2C1=O. The fourth-order valence-corrected chi connectivity index (χ4v) is 7.75. The normalized spacial score (nSPS) is 17.7. The van der Waals surface area contributed by atoms with Crippen LogP contribution in [0.15, 0.2) is 77.7 Å². The van der Waals surface area contributed by atoms with Crippen LogP contribution in [0.5, 0.6) is 11.5 Å². The van der Waals surface area contributed by atoms with E-state index in [1.54, 1.807) is 35.1 Å². The summed E-state index contributed by atoms with van der Waals surface area (Å²) in [6.07, 6.45) is 10.9. The van der Waals surface area contributed by atoms with Gasteiger partial charge >= 0.3 is 0 Å². The van der Waals surface area contributed by atoms with Gasteiger partial charge in [0.05, 0.1) is 17.3 Å². The van der Waals surface area contributed by atoms with E-state index in [-0.39, 0.29) is 40.2 Å². The number of anilines is 2. The molecule has 5 aromatic rings. The summed E-state index contributed by atoms with van der Waals surface area (Å²) in [5.41, 5.74) is 1.14. The lowest BCUT2D eigenvalue weighted by Crippen LogP contribution is -2.42. The van der Waals surface area contributed by atoms with Gasteiger partial charge in [-0.05, 0) is 119 Å². The molecule has 0 saturated heterocycles. The van der Waals surface area contributed by atoms with Crippen LogP contribution in [0.2, 0.25) is 0 Å². The minimum Gasteiger partial charge on any atom is -0.456 e. The van der Waals surface area contributed by atoms with Crippen LogP contribution in [-0.2, 0) is 11.2 Å². The number of Topliss-reactive ketones (excluding diaryl/α,β-unsaturated/α-hetero) is 1. The molecule has 4 heterocycles. The van der Waals surface area contributed by atoms with Gasteiger partial charge in [-0.2, -0.15) is 5.10 Å². The highest BCUT2D eigenvalue weighted by Gasteiger charge is 2.33. The van der Waals surface area contributed by atoms with Gasteiger partial charge in [0, 0.05) is 30.1 Å². The smallest absolute Gasteiger partial charge is 0.299 e. The van der Waals surface area contributed by atoms with Crippen molar-refractivity contribution >= 4 is 35.0 Å². The summed E-state index contributed by atoms with van der Waals surface area (Å²) in [7, 11) is 0. The lowest BCUT2D eigenvalue weighted by molar-refractivity contribution is -0.116. The number of alkyl halides is 2. The highest BCUT2D eigenvalue weighted by atomic mass is 19.3. The second-order valence-corrected chi connectivity index (χ2v) is 15.6. The summed E-state index contributed by atoms with van der Waals surface area (Å²) in [5, 5.41) is 15.8. The first-order valence-electron chi connectivity index (χ1n) is 20.5. The number of para-hydroxylation sites is 1. The van der Waals surface area contributed by atoms with Crippen LogP contribution >= 0.6 is 0 Å². The molecule has 3 aliphatic rings. The average molecular weight is 821 g/mol. The number of imide groups is 1. The van der Waals surface area contributed by atoms with E-state index in [0.717, 1.165) is 76.6 Å². The standard InChI is InChI=1S/C44H46F2N8O6/c45-40(46)38-32(50-41(56)33-25-59-44(51-33)29-18-20-48-36(21-29)49-23-27-12-13-27)24-54(53-38)30-16-14-26(15-17-30)22-47-19-5-1-2-7-28-8-3-4-10-34(28)60-35-11-6-9-31-37(35)42(57)52-43(58)39(31)55/h3-4,6,8-11,18,20-21,24-27,30,40,47H,1-2,5,7,12-17,19,22-23H2,(H,48,49)(H,50,56)(H,52,57,58). The summed E-state index contributed by atoms with van der Waals surface area (Å²) < 4.78 is 41.5. The van der Waals surface area contributed by atoms with Gasteiger partial charge in [0.15, 0.2) is 11.4 Å². The summed E-state index contributed by atoms with van der Waals surface area (Å²) in [6.45, 7) is 2.58. The van der Waals surface area contributed by atoms with E-state index in [2.05, 4.69) is 36.3 Å². The van der Waals surface area contributed by atoms with E-state index in [9.17, 15) is 28.0 Å². The number of carbonyl (C=O) groups excluding carboxylic acids is 4. The Kier molecular flexibility index (Phi) is 12.4. The highest BCUT2D eigenvalue weighted by molar-refractivity contribution is 6.49. The summed E-state index contributed by atoms with van der Waals surface area (Å²) in [6, 6.07) is 15.7. The Morgan fingerprint density at radius 1 is 0.917 bits per heavy atom. The third kappa shape index (κ3) is 9.60. The number of fused-ring (bicyclic) bond motifs is 1. The predicted molar refractivity (Wildman–Crippen MR) is 217 cm³/mol. The van der Waals surface area contributed by atoms with Gasteiger partial charge < -0.3 is 25.1 Å². The molecule has 1 aliphatic heterocycles. The molecule has 8 rings (SSSR count). The second-order valence-electron chi connectivity index (χ2n) is 15.6. The lowest BCUT2D eigenvalue weighted by Gasteiger charge is -2.29. The zero-order valence-electron chi connectivity index (χ0n) is 32.9. The maximum absolute atomic E-state index is 14.1. The van der Waals surface area contributed by atoms with Gasteiger partial charge in [-0.25, -0.2) is 18.7 Å². The molecule has 2 saturated carbocycles. The quantitative estimate of drug-likeness (QED) is 0.0383. The van der Waals surface area contributed by atoms with Crippen LogP contribution in [0.1, 0.15) is 113 Å². The number of pyridine rings is 1. The molecule has 0 atom stereocenters. The monoisotopic (exact) mass is 820 g/mol. The molecule has 2 fully saturated rings. The van der Waals surface area contributed by atoms with Crippen molar-refractivity contribution in [3.05, 3.63) is 101 Å². The molecule has 14 nitrogen and oxygen atoms in total. The average Bonchev–Trinajstić information content (AvgIpc) is 3.77. The number of ketones is 1. The Morgan fingerprint density at radius 2 is 1.70 bits per heavy atom. The lowest BCUT2D eigenvalue weighted by atomic mass is 9.86. The fourth-order valence-electron chi connectivity index (χ4n) is 7.75. The van der Waals surface area contributed by atoms with Gasteiger partial charge in [-0.3, -0.25) is 29.2 Å². The van der Waals surface area contributed by atoms with Crippen LogP contribution < -0.4 is 26.0 Å². The molecule has 2 aliphatic carbocycles. The Bertz CT molecular complexity index is 2370. The minimum absolute atomic E-state index is 0.0315. The van der Waals surface area contributed by atoms with Crippen molar-refractivity contribution < 1.29 is 37.1 Å². The molecule has 3 amide bonds. The fraction of sp³-hybridized carbons (Fsp3) is 0.386. The van der Waals surface area contributed by atoms with E-state index in [1.807, 2.05) is 24.3 Å². The van der Waals surface area contributed by atoms with Crippen molar-refractivity contribution in [1.29, 1.82) is 0 Å². The Balaban J connectivity index is 0.762. The zero-order chi connectivity index (χ0) is 41.6.